The van der Waals surface area contributed by atoms with Gasteiger partial charge in [-0.1, -0.05) is 0 Å². The standard InChI is InChI=1S/C18H21FN2O5/c1-11-6-13(2-3-15(11)19)21-9-12(7-16(21)22)18(25)20-4-5-26-10-14(20)8-17(23)24/h2-3,6,12,14H,4-5,7-10H2,1H3,(H,23,24). The topological polar surface area (TPSA) is 87.2 Å². The van der Waals surface area contributed by atoms with Crippen LogP contribution in [0.25, 0.3) is 0 Å². The quantitative estimate of drug-likeness (QED) is 0.867. The van der Waals surface area contributed by atoms with Gasteiger partial charge in [-0.3, -0.25) is 14.4 Å². The van der Waals surface area contributed by atoms with Crippen molar-refractivity contribution in [2.24, 2.45) is 5.92 Å². The van der Waals surface area contributed by atoms with Gasteiger partial charge in [0.05, 0.1) is 31.6 Å². The average molecular weight is 364 g/mol. The van der Waals surface area contributed by atoms with Crippen molar-refractivity contribution < 1.29 is 28.6 Å². The highest BCUT2D eigenvalue weighted by molar-refractivity contribution is 6.00. The van der Waals surface area contributed by atoms with Gasteiger partial charge in [0, 0.05) is 25.2 Å². The monoisotopic (exact) mass is 364 g/mol. The molecule has 0 radical (unpaired) electrons. The fourth-order valence-corrected chi connectivity index (χ4v) is 3.47. The summed E-state index contributed by atoms with van der Waals surface area (Å²) in [7, 11) is 0. The molecule has 0 aliphatic carbocycles. The summed E-state index contributed by atoms with van der Waals surface area (Å²) in [6, 6.07) is 3.89. The maximum absolute atomic E-state index is 13.5. The van der Waals surface area contributed by atoms with Crippen LogP contribution in [0.3, 0.4) is 0 Å². The Bertz CT molecular complexity index is 738. The van der Waals surface area contributed by atoms with Crippen molar-refractivity contribution in [2.45, 2.75) is 25.8 Å². The van der Waals surface area contributed by atoms with E-state index in [9.17, 15) is 18.8 Å². The minimum absolute atomic E-state index is 0.0619. The Kier molecular flexibility index (Phi) is 5.22. The van der Waals surface area contributed by atoms with Crippen LogP contribution in [0.5, 0.6) is 0 Å². The maximum atomic E-state index is 13.5. The summed E-state index contributed by atoms with van der Waals surface area (Å²) in [5.41, 5.74) is 0.994. The number of hydrogen-bond donors (Lipinski definition) is 1. The number of carbonyl (C=O) groups is 3. The molecule has 1 aromatic carbocycles. The summed E-state index contributed by atoms with van der Waals surface area (Å²) in [5.74, 6) is -2.31. The minimum Gasteiger partial charge on any atom is -0.481 e. The molecule has 8 heteroatoms. The van der Waals surface area contributed by atoms with E-state index in [1.807, 2.05) is 0 Å². The lowest BCUT2D eigenvalue weighted by Crippen LogP contribution is -2.51. The van der Waals surface area contributed by atoms with Gasteiger partial charge in [-0.2, -0.15) is 0 Å². The van der Waals surface area contributed by atoms with Gasteiger partial charge in [-0.15, -0.1) is 0 Å². The molecule has 3 rings (SSSR count). The van der Waals surface area contributed by atoms with E-state index in [1.54, 1.807) is 13.0 Å². The third-order valence-corrected chi connectivity index (χ3v) is 4.85. The van der Waals surface area contributed by atoms with E-state index in [2.05, 4.69) is 0 Å². The van der Waals surface area contributed by atoms with E-state index in [1.165, 1.54) is 21.9 Å². The minimum atomic E-state index is -0.996. The first-order chi connectivity index (χ1) is 12.4. The third kappa shape index (κ3) is 3.70. The number of anilines is 1. The molecule has 0 bridgehead atoms. The van der Waals surface area contributed by atoms with Crippen molar-refractivity contribution in [1.82, 2.24) is 4.90 Å². The summed E-state index contributed by atoms with van der Waals surface area (Å²) in [6.07, 6.45) is -0.125. The Morgan fingerprint density at radius 3 is 2.85 bits per heavy atom. The second kappa shape index (κ2) is 7.41. The number of rotatable bonds is 4. The number of carbonyl (C=O) groups excluding carboxylic acids is 2. The van der Waals surface area contributed by atoms with E-state index < -0.39 is 17.9 Å². The summed E-state index contributed by atoms with van der Waals surface area (Å²) in [4.78, 5) is 39.3. The number of benzene rings is 1. The van der Waals surface area contributed by atoms with Crippen LogP contribution >= 0.6 is 0 Å². The van der Waals surface area contributed by atoms with Gasteiger partial charge in [-0.25, -0.2) is 4.39 Å². The van der Waals surface area contributed by atoms with E-state index in [-0.39, 0.29) is 43.6 Å². The first-order valence-electron chi connectivity index (χ1n) is 8.53. The van der Waals surface area contributed by atoms with E-state index in [0.29, 0.717) is 24.4 Å². The Morgan fingerprint density at radius 1 is 1.38 bits per heavy atom. The molecule has 2 aliphatic heterocycles. The number of nitrogens with zero attached hydrogens (tertiary/aromatic N) is 2. The van der Waals surface area contributed by atoms with E-state index >= 15 is 0 Å². The highest BCUT2D eigenvalue weighted by atomic mass is 19.1. The highest BCUT2D eigenvalue weighted by Gasteiger charge is 2.40. The number of halogens is 1. The number of aliphatic carboxylic acids is 1. The molecule has 0 aromatic heterocycles. The summed E-state index contributed by atoms with van der Waals surface area (Å²) >= 11 is 0. The predicted octanol–water partition coefficient (Wildman–Crippen LogP) is 1.19. The van der Waals surface area contributed by atoms with Crippen LogP contribution in [0.4, 0.5) is 10.1 Å². The first-order valence-corrected chi connectivity index (χ1v) is 8.53. The SMILES string of the molecule is Cc1cc(N2CC(C(=O)N3CCOCC3CC(=O)O)CC2=O)ccc1F. The molecule has 2 aliphatic rings. The van der Waals surface area contributed by atoms with Crippen molar-refractivity contribution in [1.29, 1.82) is 0 Å². The first kappa shape index (κ1) is 18.3. The number of aryl methyl sites for hydroxylation is 1. The largest absolute Gasteiger partial charge is 0.481 e. The van der Waals surface area contributed by atoms with Crippen molar-refractivity contribution in [3.63, 3.8) is 0 Å². The van der Waals surface area contributed by atoms with Crippen molar-refractivity contribution in [2.75, 3.05) is 31.2 Å². The summed E-state index contributed by atoms with van der Waals surface area (Å²) in [5, 5.41) is 9.03. The zero-order valence-electron chi connectivity index (χ0n) is 14.5. The van der Waals surface area contributed by atoms with Crippen LogP contribution in [0.1, 0.15) is 18.4 Å². The molecule has 0 spiro atoms. The second-order valence-corrected chi connectivity index (χ2v) is 6.70. The Labute approximate surface area is 150 Å². The lowest BCUT2D eigenvalue weighted by Gasteiger charge is -2.36. The molecule has 2 unspecified atom stereocenters. The number of carboxylic acids is 1. The van der Waals surface area contributed by atoms with Gasteiger partial charge >= 0.3 is 5.97 Å². The molecule has 2 fully saturated rings. The number of ether oxygens (including phenoxy) is 1. The normalized spacial score (nSPS) is 23.4. The Hall–Kier alpha value is -2.48. The van der Waals surface area contributed by atoms with Crippen molar-refractivity contribution in [3.05, 3.63) is 29.6 Å². The maximum Gasteiger partial charge on any atom is 0.305 e. The number of morpholine rings is 1. The van der Waals surface area contributed by atoms with Gasteiger partial charge in [0.15, 0.2) is 0 Å². The summed E-state index contributed by atoms with van der Waals surface area (Å²) in [6.45, 7) is 2.67. The molecule has 2 saturated heterocycles. The molecule has 0 saturated carbocycles. The predicted molar refractivity (Wildman–Crippen MR) is 90.2 cm³/mol. The molecule has 2 atom stereocenters. The molecule has 1 N–H and O–H groups in total. The van der Waals surface area contributed by atoms with Crippen LogP contribution in [-0.2, 0) is 19.1 Å². The average Bonchev–Trinajstić information content (AvgIpc) is 2.98. The van der Waals surface area contributed by atoms with Crippen molar-refractivity contribution >= 4 is 23.5 Å². The van der Waals surface area contributed by atoms with Crippen LogP contribution in [0, 0.1) is 18.7 Å². The van der Waals surface area contributed by atoms with Crippen molar-refractivity contribution in [3.8, 4) is 0 Å². The fourth-order valence-electron chi connectivity index (χ4n) is 3.47. The number of hydrogen-bond acceptors (Lipinski definition) is 4. The van der Waals surface area contributed by atoms with Gasteiger partial charge in [0.1, 0.15) is 5.82 Å². The number of amides is 2. The molecular weight excluding hydrogens is 343 g/mol. The zero-order valence-corrected chi connectivity index (χ0v) is 14.5. The third-order valence-electron chi connectivity index (χ3n) is 4.85. The van der Waals surface area contributed by atoms with Gasteiger partial charge in [-0.05, 0) is 30.7 Å². The molecular formula is C18H21FN2O5. The van der Waals surface area contributed by atoms with Gasteiger partial charge in [0.25, 0.3) is 0 Å². The highest BCUT2D eigenvalue weighted by Crippen LogP contribution is 2.28. The lowest BCUT2D eigenvalue weighted by atomic mass is 10.0. The van der Waals surface area contributed by atoms with Crippen LogP contribution in [0.2, 0.25) is 0 Å². The molecule has 7 nitrogen and oxygen atoms in total. The molecule has 2 amide bonds. The Morgan fingerprint density at radius 2 is 2.15 bits per heavy atom. The smallest absolute Gasteiger partial charge is 0.305 e. The molecule has 26 heavy (non-hydrogen) atoms. The van der Waals surface area contributed by atoms with Crippen LogP contribution in [0.15, 0.2) is 18.2 Å². The fraction of sp³-hybridized carbons (Fsp3) is 0.500. The van der Waals surface area contributed by atoms with E-state index in [4.69, 9.17) is 9.84 Å². The Balaban J connectivity index is 1.73. The van der Waals surface area contributed by atoms with Gasteiger partial charge in [0.2, 0.25) is 11.8 Å². The van der Waals surface area contributed by atoms with Crippen LogP contribution in [-0.4, -0.2) is 60.1 Å². The second-order valence-electron chi connectivity index (χ2n) is 6.70. The molecule has 140 valence electrons. The lowest BCUT2D eigenvalue weighted by molar-refractivity contribution is -0.149. The zero-order chi connectivity index (χ0) is 18.8. The van der Waals surface area contributed by atoms with E-state index in [0.717, 1.165) is 0 Å². The van der Waals surface area contributed by atoms with Gasteiger partial charge < -0.3 is 19.6 Å². The van der Waals surface area contributed by atoms with Crippen LogP contribution < -0.4 is 4.90 Å². The summed E-state index contributed by atoms with van der Waals surface area (Å²) < 4.78 is 18.7. The number of carboxylic acid groups (broad SMARTS) is 1. The molecule has 1 aromatic rings. The molecule has 2 heterocycles.